The smallest absolute Gasteiger partial charge is 0.257 e. The number of nitrogens with one attached hydrogen (secondary N) is 2. The van der Waals surface area contributed by atoms with Gasteiger partial charge in [-0.3, -0.25) is 9.48 Å². The Labute approximate surface area is 177 Å². The summed E-state index contributed by atoms with van der Waals surface area (Å²) in [5.74, 6) is -0.966. The summed E-state index contributed by atoms with van der Waals surface area (Å²) in [7, 11) is 1.82. The lowest BCUT2D eigenvalue weighted by atomic mass is 10.1. The van der Waals surface area contributed by atoms with Crippen molar-refractivity contribution in [3.05, 3.63) is 53.9 Å². The Bertz CT molecular complexity index is 1290. The SMILES string of the molecule is Cn1cc2c(N3CCNCC3)ccc(C(=O)Nc3cc(F)c4nc(CO)cn4c3)c2n1. The zero-order valence-corrected chi connectivity index (χ0v) is 17.0. The standard InChI is InChI=1S/C21H22FN7O2/c1-27-11-16-18(28-6-4-23-5-7-28)3-2-15(19(16)26-27)21(31)25-13-8-17(22)20-24-14(12-30)10-29(20)9-13/h2-3,8-11,23,30H,4-7,12H2,1H3,(H,25,31). The van der Waals surface area contributed by atoms with E-state index in [1.54, 1.807) is 16.9 Å². The lowest BCUT2D eigenvalue weighted by Crippen LogP contribution is -2.43. The van der Waals surface area contributed by atoms with Crippen molar-refractivity contribution in [1.82, 2.24) is 24.5 Å². The molecule has 10 heteroatoms. The molecular weight excluding hydrogens is 401 g/mol. The maximum Gasteiger partial charge on any atom is 0.257 e. The van der Waals surface area contributed by atoms with Crippen LogP contribution >= 0.6 is 0 Å². The van der Waals surface area contributed by atoms with Crippen LogP contribution in [-0.2, 0) is 13.7 Å². The van der Waals surface area contributed by atoms with Gasteiger partial charge < -0.3 is 25.0 Å². The highest BCUT2D eigenvalue weighted by Crippen LogP contribution is 2.30. The molecule has 1 aromatic carbocycles. The van der Waals surface area contributed by atoms with E-state index in [1.165, 1.54) is 16.7 Å². The Morgan fingerprint density at radius 2 is 2.06 bits per heavy atom. The van der Waals surface area contributed by atoms with E-state index in [1.807, 2.05) is 19.3 Å². The molecule has 1 aliphatic heterocycles. The number of carbonyl (C=O) groups is 1. The Kier molecular flexibility index (Phi) is 4.79. The van der Waals surface area contributed by atoms with E-state index in [-0.39, 0.29) is 23.8 Å². The number of hydrogen-bond acceptors (Lipinski definition) is 6. The maximum atomic E-state index is 14.4. The molecule has 4 heterocycles. The second-order valence-corrected chi connectivity index (χ2v) is 7.59. The van der Waals surface area contributed by atoms with Gasteiger partial charge in [-0.15, -0.1) is 0 Å². The molecule has 1 saturated heterocycles. The summed E-state index contributed by atoms with van der Waals surface area (Å²) in [5.41, 5.74) is 2.78. The van der Waals surface area contributed by atoms with Crippen molar-refractivity contribution in [1.29, 1.82) is 0 Å². The van der Waals surface area contributed by atoms with Gasteiger partial charge in [-0.1, -0.05) is 0 Å². The van der Waals surface area contributed by atoms with E-state index in [9.17, 15) is 14.3 Å². The zero-order chi connectivity index (χ0) is 21.5. The average molecular weight is 423 g/mol. The predicted octanol–water partition coefficient (Wildman–Crippen LogP) is 1.51. The molecule has 0 radical (unpaired) electrons. The third-order valence-electron chi connectivity index (χ3n) is 5.45. The van der Waals surface area contributed by atoms with E-state index in [0.29, 0.717) is 16.8 Å². The number of aromatic nitrogens is 4. The fraction of sp³-hybridized carbons (Fsp3) is 0.286. The van der Waals surface area contributed by atoms with Crippen LogP contribution in [0.25, 0.3) is 16.6 Å². The monoisotopic (exact) mass is 423 g/mol. The Morgan fingerprint density at radius 3 is 2.84 bits per heavy atom. The molecule has 0 bridgehead atoms. The number of pyridine rings is 1. The van der Waals surface area contributed by atoms with Crippen molar-refractivity contribution in [3.8, 4) is 0 Å². The number of imidazole rings is 1. The number of halogens is 1. The summed E-state index contributed by atoms with van der Waals surface area (Å²) in [6, 6.07) is 4.92. The highest BCUT2D eigenvalue weighted by Gasteiger charge is 2.20. The van der Waals surface area contributed by atoms with Crippen LogP contribution in [0.5, 0.6) is 0 Å². The first kappa shape index (κ1) is 19.5. The van der Waals surface area contributed by atoms with Gasteiger partial charge in [-0.05, 0) is 12.1 Å². The fourth-order valence-electron chi connectivity index (χ4n) is 4.02. The Balaban J connectivity index is 1.49. The van der Waals surface area contributed by atoms with Crippen LogP contribution < -0.4 is 15.5 Å². The highest BCUT2D eigenvalue weighted by molar-refractivity contribution is 6.13. The number of rotatable bonds is 4. The van der Waals surface area contributed by atoms with E-state index >= 15 is 0 Å². The van der Waals surface area contributed by atoms with E-state index < -0.39 is 5.82 Å². The van der Waals surface area contributed by atoms with Gasteiger partial charge in [0, 0.05) is 69.0 Å². The summed E-state index contributed by atoms with van der Waals surface area (Å²) in [6.07, 6.45) is 5.00. The molecule has 0 unspecified atom stereocenters. The molecule has 1 amide bonds. The van der Waals surface area contributed by atoms with E-state index in [2.05, 4.69) is 25.6 Å². The minimum Gasteiger partial charge on any atom is -0.390 e. The second kappa shape index (κ2) is 7.64. The van der Waals surface area contributed by atoms with Crippen molar-refractivity contribution < 1.29 is 14.3 Å². The zero-order valence-electron chi connectivity index (χ0n) is 17.0. The first-order valence-corrected chi connectivity index (χ1v) is 10.0. The third kappa shape index (κ3) is 3.49. The molecule has 9 nitrogen and oxygen atoms in total. The van der Waals surface area contributed by atoms with Gasteiger partial charge in [0.05, 0.1) is 23.6 Å². The highest BCUT2D eigenvalue weighted by atomic mass is 19.1. The lowest BCUT2D eigenvalue weighted by molar-refractivity contribution is 0.102. The first-order valence-electron chi connectivity index (χ1n) is 10.0. The van der Waals surface area contributed by atoms with Crippen molar-refractivity contribution in [2.24, 2.45) is 7.05 Å². The molecule has 0 spiro atoms. The summed E-state index contributed by atoms with van der Waals surface area (Å²) in [5, 5.41) is 20.7. The number of piperazine rings is 1. The average Bonchev–Trinajstić information content (AvgIpc) is 3.36. The van der Waals surface area contributed by atoms with Gasteiger partial charge >= 0.3 is 0 Å². The molecule has 4 aromatic rings. The van der Waals surface area contributed by atoms with Crippen LogP contribution in [0.1, 0.15) is 16.1 Å². The van der Waals surface area contributed by atoms with Gasteiger partial charge in [0.2, 0.25) is 0 Å². The maximum absolute atomic E-state index is 14.4. The summed E-state index contributed by atoms with van der Waals surface area (Å²) in [6.45, 7) is 3.29. The van der Waals surface area contributed by atoms with Crippen molar-refractivity contribution >= 4 is 33.8 Å². The number of hydrogen-bond donors (Lipinski definition) is 3. The summed E-state index contributed by atoms with van der Waals surface area (Å²) < 4.78 is 17.6. The van der Waals surface area contributed by atoms with Gasteiger partial charge in [0.25, 0.3) is 5.91 Å². The number of aryl methyl sites for hydroxylation is 1. The van der Waals surface area contributed by atoms with Crippen molar-refractivity contribution in [2.75, 3.05) is 36.4 Å². The molecule has 160 valence electrons. The molecule has 31 heavy (non-hydrogen) atoms. The van der Waals surface area contributed by atoms with Gasteiger partial charge in [0.15, 0.2) is 11.5 Å². The normalized spacial score (nSPS) is 14.5. The number of anilines is 2. The number of aliphatic hydroxyl groups is 1. The second-order valence-electron chi connectivity index (χ2n) is 7.59. The van der Waals surface area contributed by atoms with E-state index in [4.69, 9.17) is 0 Å². The molecule has 3 aromatic heterocycles. The Hall–Kier alpha value is -3.50. The molecular formula is C21H22FN7O2. The van der Waals surface area contributed by atoms with Gasteiger partial charge in [-0.2, -0.15) is 5.10 Å². The molecule has 1 fully saturated rings. The van der Waals surface area contributed by atoms with Crippen LogP contribution in [-0.4, -0.2) is 56.4 Å². The molecule has 3 N–H and O–H groups in total. The molecule has 0 aliphatic carbocycles. The van der Waals surface area contributed by atoms with Crippen LogP contribution in [0.4, 0.5) is 15.8 Å². The van der Waals surface area contributed by atoms with Gasteiger partial charge in [0.1, 0.15) is 5.52 Å². The minimum absolute atomic E-state index is 0.0922. The van der Waals surface area contributed by atoms with Crippen molar-refractivity contribution in [3.63, 3.8) is 0 Å². The predicted molar refractivity (Wildman–Crippen MR) is 115 cm³/mol. The van der Waals surface area contributed by atoms with Crippen LogP contribution in [0, 0.1) is 5.82 Å². The Morgan fingerprint density at radius 1 is 1.26 bits per heavy atom. The molecule has 5 rings (SSSR count). The van der Waals surface area contributed by atoms with Crippen LogP contribution in [0.2, 0.25) is 0 Å². The molecule has 0 atom stereocenters. The summed E-state index contributed by atoms with van der Waals surface area (Å²) >= 11 is 0. The topological polar surface area (TPSA) is 99.7 Å². The molecule has 1 aliphatic rings. The number of amides is 1. The number of nitrogens with zero attached hydrogens (tertiary/aromatic N) is 5. The molecule has 0 saturated carbocycles. The quantitative estimate of drug-likeness (QED) is 0.460. The van der Waals surface area contributed by atoms with Gasteiger partial charge in [-0.25, -0.2) is 9.37 Å². The number of fused-ring (bicyclic) bond motifs is 2. The van der Waals surface area contributed by atoms with E-state index in [0.717, 1.165) is 37.3 Å². The third-order valence-corrected chi connectivity index (χ3v) is 5.45. The van der Waals surface area contributed by atoms with Crippen LogP contribution in [0.15, 0.2) is 36.8 Å². The number of aliphatic hydroxyl groups excluding tert-OH is 1. The largest absolute Gasteiger partial charge is 0.390 e. The number of carbonyl (C=O) groups excluding carboxylic acids is 1. The lowest BCUT2D eigenvalue weighted by Gasteiger charge is -2.30. The van der Waals surface area contributed by atoms with Crippen molar-refractivity contribution in [2.45, 2.75) is 6.61 Å². The summed E-state index contributed by atoms with van der Waals surface area (Å²) in [4.78, 5) is 19.4. The minimum atomic E-state index is -0.588. The fourth-order valence-corrected chi connectivity index (χ4v) is 4.02. The number of benzene rings is 1. The van der Waals surface area contributed by atoms with Crippen LogP contribution in [0.3, 0.4) is 0 Å². The first-order chi connectivity index (χ1) is 15.0.